The number of aromatic hydroxyl groups is 1. The number of ether oxygens (including phenoxy) is 1. The topological polar surface area (TPSA) is 66.8 Å². The van der Waals surface area contributed by atoms with Crippen LogP contribution >= 0.6 is 45.2 Å². The predicted molar refractivity (Wildman–Crippen MR) is 91.8 cm³/mol. The van der Waals surface area contributed by atoms with Gasteiger partial charge in [0, 0.05) is 16.7 Å². The molecule has 0 aliphatic rings. The van der Waals surface area contributed by atoms with Gasteiger partial charge in [-0.15, -0.1) is 0 Å². The maximum Gasteiger partial charge on any atom is 0.307 e. The second kappa shape index (κ2) is 8.01. The lowest BCUT2D eigenvalue weighted by molar-refractivity contribution is -0.140. The van der Waals surface area contributed by atoms with Gasteiger partial charge in [-0.2, -0.15) is 0 Å². The average molecular weight is 503 g/mol. The highest BCUT2D eigenvalue weighted by Gasteiger charge is 2.20. The minimum absolute atomic E-state index is 0.0208. The molecule has 1 aromatic carbocycles. The summed E-state index contributed by atoms with van der Waals surface area (Å²) < 4.78 is 6.06. The second-order valence-electron chi connectivity index (χ2n) is 3.99. The van der Waals surface area contributed by atoms with E-state index in [2.05, 4.69) is 27.3 Å². The molecule has 5 nitrogen and oxygen atoms in total. The van der Waals surface area contributed by atoms with E-state index >= 15 is 0 Å². The Bertz CT molecular complexity index is 519. The Morgan fingerprint density at radius 3 is 2.55 bits per heavy atom. The molecule has 1 aromatic rings. The maximum absolute atomic E-state index is 12.4. The van der Waals surface area contributed by atoms with E-state index in [9.17, 15) is 14.7 Å². The van der Waals surface area contributed by atoms with Crippen molar-refractivity contribution in [3.8, 4) is 5.75 Å². The molecule has 0 saturated carbocycles. The van der Waals surface area contributed by atoms with Crippen LogP contribution < -0.4 is 0 Å². The smallest absolute Gasteiger partial charge is 0.307 e. The zero-order chi connectivity index (χ0) is 15.3. The van der Waals surface area contributed by atoms with Crippen LogP contribution in [0.15, 0.2) is 12.1 Å². The SMILES string of the molecule is CCN(CCC(=O)OC)C(=O)c1cc(I)cc(I)c1O. The number of phenolic OH excluding ortho intramolecular Hbond substituents is 1. The molecule has 0 fully saturated rings. The molecule has 1 rings (SSSR count). The molecule has 20 heavy (non-hydrogen) atoms. The van der Waals surface area contributed by atoms with E-state index in [4.69, 9.17) is 0 Å². The lowest BCUT2D eigenvalue weighted by Gasteiger charge is -2.21. The van der Waals surface area contributed by atoms with Crippen LogP contribution in [0.4, 0.5) is 0 Å². The third-order valence-corrected chi connectivity index (χ3v) is 4.19. The molecule has 0 saturated heterocycles. The van der Waals surface area contributed by atoms with Crippen LogP contribution in [0.3, 0.4) is 0 Å². The van der Waals surface area contributed by atoms with E-state index in [-0.39, 0.29) is 36.2 Å². The van der Waals surface area contributed by atoms with E-state index in [1.54, 1.807) is 12.1 Å². The number of phenols is 1. The van der Waals surface area contributed by atoms with Crippen LogP contribution in [-0.2, 0) is 9.53 Å². The molecule has 0 aromatic heterocycles. The molecular weight excluding hydrogens is 488 g/mol. The number of rotatable bonds is 5. The number of hydrogen-bond acceptors (Lipinski definition) is 4. The molecule has 1 N–H and O–H groups in total. The summed E-state index contributed by atoms with van der Waals surface area (Å²) in [4.78, 5) is 25.1. The maximum atomic E-state index is 12.4. The van der Waals surface area contributed by atoms with E-state index in [1.807, 2.05) is 29.5 Å². The number of esters is 1. The number of methoxy groups -OCH3 is 1. The molecule has 0 radical (unpaired) electrons. The van der Waals surface area contributed by atoms with Crippen LogP contribution in [0, 0.1) is 7.14 Å². The van der Waals surface area contributed by atoms with E-state index in [0.29, 0.717) is 10.1 Å². The molecule has 0 unspecified atom stereocenters. The summed E-state index contributed by atoms with van der Waals surface area (Å²) in [7, 11) is 1.31. The molecule has 110 valence electrons. The highest BCUT2D eigenvalue weighted by Crippen LogP contribution is 2.28. The molecule has 1 amide bonds. The minimum atomic E-state index is -0.363. The van der Waals surface area contributed by atoms with Gasteiger partial charge in [0.1, 0.15) is 5.75 Å². The van der Waals surface area contributed by atoms with Crippen molar-refractivity contribution in [1.82, 2.24) is 4.90 Å². The number of amides is 1. The van der Waals surface area contributed by atoms with Gasteiger partial charge in [0.25, 0.3) is 5.91 Å². The molecule has 0 spiro atoms. The first-order valence-corrected chi connectivity index (χ1v) is 8.10. The van der Waals surface area contributed by atoms with Gasteiger partial charge >= 0.3 is 5.97 Å². The first-order chi connectivity index (χ1) is 9.40. The Hall–Kier alpha value is -0.580. The van der Waals surface area contributed by atoms with Crippen LogP contribution in [-0.4, -0.2) is 42.1 Å². The summed E-state index contributed by atoms with van der Waals surface area (Å²) in [6.07, 6.45) is 0.137. The normalized spacial score (nSPS) is 10.2. The van der Waals surface area contributed by atoms with Crippen molar-refractivity contribution < 1.29 is 19.4 Å². The Balaban J connectivity index is 2.94. The monoisotopic (exact) mass is 503 g/mol. The molecule has 0 heterocycles. The first-order valence-electron chi connectivity index (χ1n) is 5.94. The standard InChI is InChI=1S/C13H15I2NO4/c1-3-16(5-4-11(17)20-2)13(19)9-6-8(14)7-10(15)12(9)18/h6-7,18H,3-5H2,1-2H3. The van der Waals surface area contributed by atoms with Gasteiger partial charge < -0.3 is 14.7 Å². The zero-order valence-electron chi connectivity index (χ0n) is 11.2. The third-order valence-electron chi connectivity index (χ3n) is 2.74. The molecule has 0 bridgehead atoms. The Kier molecular flexibility index (Phi) is 7.00. The van der Waals surface area contributed by atoms with Crippen molar-refractivity contribution in [2.45, 2.75) is 13.3 Å². The number of carbonyl (C=O) groups is 2. The predicted octanol–water partition coefficient (Wildman–Crippen LogP) is 2.63. The van der Waals surface area contributed by atoms with Crippen LogP contribution in [0.2, 0.25) is 0 Å². The van der Waals surface area contributed by atoms with Gasteiger partial charge in [0.05, 0.1) is 22.7 Å². The summed E-state index contributed by atoms with van der Waals surface area (Å²) in [5.74, 6) is -0.671. The zero-order valence-corrected chi connectivity index (χ0v) is 15.5. The van der Waals surface area contributed by atoms with Crippen molar-refractivity contribution in [3.05, 3.63) is 24.8 Å². The fraction of sp³-hybridized carbons (Fsp3) is 0.385. The lowest BCUT2D eigenvalue weighted by atomic mass is 10.1. The molecule has 0 aliphatic carbocycles. The summed E-state index contributed by atoms with van der Waals surface area (Å²) in [5, 5.41) is 10.0. The molecule has 7 heteroatoms. The highest BCUT2D eigenvalue weighted by atomic mass is 127. The van der Waals surface area contributed by atoms with Gasteiger partial charge in [-0.05, 0) is 64.2 Å². The van der Waals surface area contributed by atoms with Gasteiger partial charge in [-0.3, -0.25) is 9.59 Å². The van der Waals surface area contributed by atoms with Crippen LogP contribution in [0.5, 0.6) is 5.75 Å². The summed E-state index contributed by atoms with van der Waals surface area (Å²) in [6, 6.07) is 3.43. The van der Waals surface area contributed by atoms with E-state index in [0.717, 1.165) is 3.57 Å². The fourth-order valence-electron chi connectivity index (χ4n) is 1.63. The lowest BCUT2D eigenvalue weighted by Crippen LogP contribution is -2.33. The van der Waals surface area contributed by atoms with Crippen molar-refractivity contribution in [2.75, 3.05) is 20.2 Å². The quantitative estimate of drug-likeness (QED) is 0.496. The Morgan fingerprint density at radius 1 is 1.35 bits per heavy atom. The number of hydrogen-bond donors (Lipinski definition) is 1. The van der Waals surface area contributed by atoms with Crippen molar-refractivity contribution in [3.63, 3.8) is 0 Å². The molecule has 0 atom stereocenters. The number of nitrogens with zero attached hydrogens (tertiary/aromatic N) is 1. The van der Waals surface area contributed by atoms with Crippen molar-refractivity contribution in [2.24, 2.45) is 0 Å². The van der Waals surface area contributed by atoms with Gasteiger partial charge in [0.2, 0.25) is 0 Å². The Morgan fingerprint density at radius 2 is 2.00 bits per heavy atom. The van der Waals surface area contributed by atoms with Crippen molar-refractivity contribution in [1.29, 1.82) is 0 Å². The molecular formula is C13H15I2NO4. The number of benzene rings is 1. The Labute approximate surface area is 145 Å². The fourth-order valence-corrected chi connectivity index (χ4v) is 3.48. The third kappa shape index (κ3) is 4.47. The first kappa shape index (κ1) is 17.5. The minimum Gasteiger partial charge on any atom is -0.506 e. The average Bonchev–Trinajstić information content (AvgIpc) is 2.42. The van der Waals surface area contributed by atoms with Crippen LogP contribution in [0.25, 0.3) is 0 Å². The van der Waals surface area contributed by atoms with Crippen molar-refractivity contribution >= 4 is 57.1 Å². The number of halogens is 2. The van der Waals surface area contributed by atoms with E-state index in [1.165, 1.54) is 12.0 Å². The second-order valence-corrected chi connectivity index (χ2v) is 6.40. The summed E-state index contributed by atoms with van der Waals surface area (Å²) in [5.41, 5.74) is 0.257. The van der Waals surface area contributed by atoms with E-state index < -0.39 is 0 Å². The molecule has 0 aliphatic heterocycles. The number of carbonyl (C=O) groups excluding carboxylic acids is 2. The summed E-state index contributed by atoms with van der Waals surface area (Å²) in [6.45, 7) is 2.55. The van der Waals surface area contributed by atoms with Gasteiger partial charge in [0.15, 0.2) is 0 Å². The van der Waals surface area contributed by atoms with Gasteiger partial charge in [-0.1, -0.05) is 0 Å². The summed E-state index contributed by atoms with van der Waals surface area (Å²) >= 11 is 4.08. The highest BCUT2D eigenvalue weighted by molar-refractivity contribution is 14.1. The largest absolute Gasteiger partial charge is 0.506 e. The van der Waals surface area contributed by atoms with Crippen LogP contribution in [0.1, 0.15) is 23.7 Å². The van der Waals surface area contributed by atoms with Gasteiger partial charge in [-0.25, -0.2) is 0 Å².